The number of rotatable bonds is 2. The SMILES string of the molecule is NC(=O)c1nocc1C1CCC1. The first-order valence-electron chi connectivity index (χ1n) is 4.03. The Morgan fingerprint density at radius 3 is 2.92 bits per heavy atom. The Morgan fingerprint density at radius 1 is 1.67 bits per heavy atom. The molecule has 0 atom stereocenters. The molecule has 1 amide bonds. The highest BCUT2D eigenvalue weighted by molar-refractivity contribution is 5.92. The second-order valence-corrected chi connectivity index (χ2v) is 3.11. The van der Waals surface area contributed by atoms with Gasteiger partial charge in [0.25, 0.3) is 5.91 Å². The first kappa shape index (κ1) is 7.34. The summed E-state index contributed by atoms with van der Waals surface area (Å²) in [6.45, 7) is 0. The zero-order chi connectivity index (χ0) is 8.55. The van der Waals surface area contributed by atoms with Gasteiger partial charge < -0.3 is 10.3 Å². The summed E-state index contributed by atoms with van der Waals surface area (Å²) < 4.78 is 4.71. The Labute approximate surface area is 69.7 Å². The van der Waals surface area contributed by atoms with Gasteiger partial charge in [-0.25, -0.2) is 0 Å². The van der Waals surface area contributed by atoms with Gasteiger partial charge >= 0.3 is 0 Å². The van der Waals surface area contributed by atoms with Gasteiger partial charge in [-0.15, -0.1) is 0 Å². The van der Waals surface area contributed by atoms with Gasteiger partial charge in [0.15, 0.2) is 5.69 Å². The van der Waals surface area contributed by atoms with Crippen molar-refractivity contribution in [1.82, 2.24) is 5.16 Å². The monoisotopic (exact) mass is 166 g/mol. The molecule has 1 aromatic heterocycles. The molecule has 1 heterocycles. The first-order chi connectivity index (χ1) is 5.79. The van der Waals surface area contributed by atoms with Crippen LogP contribution in [0.1, 0.15) is 41.2 Å². The summed E-state index contributed by atoms with van der Waals surface area (Å²) in [6, 6.07) is 0. The van der Waals surface area contributed by atoms with Crippen LogP contribution in [-0.4, -0.2) is 11.1 Å². The van der Waals surface area contributed by atoms with Crippen molar-refractivity contribution in [3.8, 4) is 0 Å². The second kappa shape index (κ2) is 2.62. The fourth-order valence-electron chi connectivity index (χ4n) is 1.44. The highest BCUT2D eigenvalue weighted by Gasteiger charge is 2.26. The van der Waals surface area contributed by atoms with Crippen molar-refractivity contribution in [2.75, 3.05) is 0 Å². The molecular formula is C8H10N2O2. The molecule has 0 radical (unpaired) electrons. The van der Waals surface area contributed by atoms with Crippen LogP contribution in [0.25, 0.3) is 0 Å². The lowest BCUT2D eigenvalue weighted by Gasteiger charge is -2.23. The summed E-state index contributed by atoms with van der Waals surface area (Å²) in [5.74, 6) is -0.0515. The maximum absolute atomic E-state index is 10.8. The van der Waals surface area contributed by atoms with Crippen molar-refractivity contribution in [2.24, 2.45) is 5.73 Å². The van der Waals surface area contributed by atoms with E-state index in [0.29, 0.717) is 11.6 Å². The number of hydrogen-bond acceptors (Lipinski definition) is 3. The third-order valence-corrected chi connectivity index (χ3v) is 2.38. The molecule has 0 aromatic carbocycles. The average molecular weight is 166 g/mol. The van der Waals surface area contributed by atoms with Crippen molar-refractivity contribution in [3.05, 3.63) is 17.5 Å². The lowest BCUT2D eigenvalue weighted by molar-refractivity contribution is 0.0990. The molecule has 4 nitrogen and oxygen atoms in total. The number of nitrogens with zero attached hydrogens (tertiary/aromatic N) is 1. The van der Waals surface area contributed by atoms with Crippen LogP contribution in [0, 0.1) is 0 Å². The second-order valence-electron chi connectivity index (χ2n) is 3.11. The van der Waals surface area contributed by atoms with Gasteiger partial charge in [0.05, 0.1) is 0 Å². The van der Waals surface area contributed by atoms with Gasteiger partial charge in [0.1, 0.15) is 6.26 Å². The number of aromatic nitrogens is 1. The topological polar surface area (TPSA) is 69.1 Å². The molecule has 64 valence electrons. The van der Waals surface area contributed by atoms with Crippen LogP contribution < -0.4 is 5.73 Å². The Hall–Kier alpha value is -1.32. The van der Waals surface area contributed by atoms with Crippen LogP contribution >= 0.6 is 0 Å². The van der Waals surface area contributed by atoms with Crippen LogP contribution in [0.2, 0.25) is 0 Å². The molecule has 1 aliphatic carbocycles. The van der Waals surface area contributed by atoms with E-state index in [1.807, 2.05) is 0 Å². The summed E-state index contributed by atoms with van der Waals surface area (Å²) >= 11 is 0. The fourth-order valence-corrected chi connectivity index (χ4v) is 1.44. The van der Waals surface area contributed by atoms with E-state index >= 15 is 0 Å². The average Bonchev–Trinajstić information content (AvgIpc) is 2.31. The molecule has 1 fully saturated rings. The van der Waals surface area contributed by atoms with Crippen molar-refractivity contribution in [1.29, 1.82) is 0 Å². The molecule has 1 aromatic rings. The molecule has 0 aliphatic heterocycles. The summed E-state index contributed by atoms with van der Waals surface area (Å²) in [5, 5.41) is 3.57. The van der Waals surface area contributed by atoms with Crippen molar-refractivity contribution < 1.29 is 9.32 Å². The molecular weight excluding hydrogens is 156 g/mol. The highest BCUT2D eigenvalue weighted by atomic mass is 16.5. The number of carbonyl (C=O) groups is 1. The van der Waals surface area contributed by atoms with Crippen LogP contribution in [0.4, 0.5) is 0 Å². The molecule has 1 aliphatic rings. The smallest absolute Gasteiger partial charge is 0.271 e. The van der Waals surface area contributed by atoms with Gasteiger partial charge in [-0.05, 0) is 18.8 Å². The Bertz CT molecular complexity index is 302. The molecule has 2 N–H and O–H groups in total. The molecule has 12 heavy (non-hydrogen) atoms. The quantitative estimate of drug-likeness (QED) is 0.713. The molecule has 1 saturated carbocycles. The van der Waals surface area contributed by atoms with Crippen LogP contribution in [-0.2, 0) is 0 Å². The number of nitrogens with two attached hydrogens (primary N) is 1. The minimum Gasteiger partial charge on any atom is -0.364 e. The minimum atomic E-state index is -0.495. The largest absolute Gasteiger partial charge is 0.364 e. The predicted octanol–water partition coefficient (Wildman–Crippen LogP) is 1.04. The van der Waals surface area contributed by atoms with Gasteiger partial charge in [-0.3, -0.25) is 4.79 Å². The van der Waals surface area contributed by atoms with E-state index in [0.717, 1.165) is 18.4 Å². The summed E-state index contributed by atoms with van der Waals surface area (Å²) in [6.07, 6.45) is 4.97. The van der Waals surface area contributed by atoms with Gasteiger partial charge in [-0.2, -0.15) is 0 Å². The third-order valence-electron chi connectivity index (χ3n) is 2.38. The Balaban J connectivity index is 2.29. The number of amides is 1. The van der Waals surface area contributed by atoms with E-state index in [-0.39, 0.29) is 0 Å². The van der Waals surface area contributed by atoms with E-state index in [1.165, 1.54) is 12.7 Å². The van der Waals surface area contributed by atoms with E-state index in [4.69, 9.17) is 10.3 Å². The Kier molecular flexibility index (Phi) is 1.60. The van der Waals surface area contributed by atoms with Gasteiger partial charge in [0, 0.05) is 5.56 Å². The number of carbonyl (C=O) groups excluding carboxylic acids is 1. The molecule has 2 rings (SSSR count). The van der Waals surface area contributed by atoms with Crippen LogP contribution in [0.3, 0.4) is 0 Å². The minimum absolute atomic E-state index is 0.305. The normalized spacial score (nSPS) is 17.3. The zero-order valence-corrected chi connectivity index (χ0v) is 6.62. The van der Waals surface area contributed by atoms with Crippen molar-refractivity contribution in [2.45, 2.75) is 25.2 Å². The molecule has 4 heteroatoms. The van der Waals surface area contributed by atoms with E-state index < -0.39 is 5.91 Å². The molecule has 0 unspecified atom stereocenters. The van der Waals surface area contributed by atoms with E-state index in [2.05, 4.69) is 5.16 Å². The third kappa shape index (κ3) is 0.995. The summed E-state index contributed by atoms with van der Waals surface area (Å²) in [5.41, 5.74) is 6.30. The lowest BCUT2D eigenvalue weighted by Crippen LogP contribution is -2.17. The number of primary amides is 1. The van der Waals surface area contributed by atoms with Gasteiger partial charge in [0.2, 0.25) is 0 Å². The van der Waals surface area contributed by atoms with Crippen LogP contribution in [0.5, 0.6) is 0 Å². The lowest BCUT2D eigenvalue weighted by atomic mass is 9.80. The maximum atomic E-state index is 10.8. The standard InChI is InChI=1S/C8H10N2O2/c9-8(11)7-6(4-12-10-7)5-2-1-3-5/h4-5H,1-3H2,(H2,9,11). The summed E-state index contributed by atoms with van der Waals surface area (Å²) in [4.78, 5) is 10.8. The van der Waals surface area contributed by atoms with Crippen LogP contribution in [0.15, 0.2) is 10.8 Å². The van der Waals surface area contributed by atoms with Crippen molar-refractivity contribution >= 4 is 5.91 Å². The molecule has 0 bridgehead atoms. The molecule has 0 spiro atoms. The summed E-state index contributed by atoms with van der Waals surface area (Å²) in [7, 11) is 0. The van der Waals surface area contributed by atoms with Gasteiger partial charge in [-0.1, -0.05) is 11.6 Å². The highest BCUT2D eigenvalue weighted by Crippen LogP contribution is 2.37. The maximum Gasteiger partial charge on any atom is 0.271 e. The Morgan fingerprint density at radius 2 is 2.42 bits per heavy atom. The fraction of sp³-hybridized carbons (Fsp3) is 0.500. The first-order valence-corrected chi connectivity index (χ1v) is 4.03. The molecule has 0 saturated heterocycles. The number of hydrogen-bond donors (Lipinski definition) is 1. The zero-order valence-electron chi connectivity index (χ0n) is 6.62. The van der Waals surface area contributed by atoms with E-state index in [9.17, 15) is 4.79 Å². The predicted molar refractivity (Wildman–Crippen MR) is 41.6 cm³/mol. The van der Waals surface area contributed by atoms with E-state index in [1.54, 1.807) is 0 Å². The van der Waals surface area contributed by atoms with Crippen molar-refractivity contribution in [3.63, 3.8) is 0 Å².